The van der Waals surface area contributed by atoms with E-state index < -0.39 is 0 Å². The number of nitrogens with two attached hydrogens (primary N) is 1. The third-order valence-corrected chi connectivity index (χ3v) is 1.08. The van der Waals surface area contributed by atoms with Crippen LogP contribution >= 0.6 is 0 Å². The fourth-order valence-electron chi connectivity index (χ4n) is 0.576. The molecule has 0 radical (unpaired) electrons. The first kappa shape index (κ1) is 7.88. The van der Waals surface area contributed by atoms with E-state index in [4.69, 9.17) is 5.73 Å². The van der Waals surface area contributed by atoms with Crippen LogP contribution in [0.1, 0.15) is 13.8 Å². The number of rotatable bonds is 4. The van der Waals surface area contributed by atoms with Gasteiger partial charge in [0.15, 0.2) is 0 Å². The van der Waals surface area contributed by atoms with E-state index in [1.165, 1.54) is 0 Å². The molecule has 8 heavy (non-hydrogen) atoms. The minimum Gasteiger partial charge on any atom is -0.317 e. The molecular formula is C5H15N3. The first-order chi connectivity index (χ1) is 3.85. The summed E-state index contributed by atoms with van der Waals surface area (Å²) in [5, 5.41) is 2.06. The van der Waals surface area contributed by atoms with Crippen molar-refractivity contribution in [1.82, 2.24) is 10.4 Å². The van der Waals surface area contributed by atoms with Gasteiger partial charge in [-0.1, -0.05) is 13.8 Å². The van der Waals surface area contributed by atoms with Crippen LogP contribution in [0.5, 0.6) is 0 Å². The van der Waals surface area contributed by atoms with Crippen LogP contribution in [-0.4, -0.2) is 24.8 Å². The highest BCUT2D eigenvalue weighted by atomic mass is 15.5. The van der Waals surface area contributed by atoms with Crippen molar-refractivity contribution >= 4 is 0 Å². The zero-order valence-corrected chi connectivity index (χ0v) is 5.65. The maximum absolute atomic E-state index is 5.23. The maximum Gasteiger partial charge on any atom is 0.0567 e. The van der Waals surface area contributed by atoms with Crippen LogP contribution in [0.2, 0.25) is 0 Å². The smallest absolute Gasteiger partial charge is 0.0567 e. The standard InChI is InChI=1S/C5H15N3/c1-3-8(4-2)7-5-6/h7H,3-6H2,1-2H3. The summed E-state index contributed by atoms with van der Waals surface area (Å²) in [5.41, 5.74) is 8.22. The molecule has 0 aromatic carbocycles. The molecule has 3 heteroatoms. The van der Waals surface area contributed by atoms with Gasteiger partial charge in [0.1, 0.15) is 0 Å². The molecule has 0 unspecified atom stereocenters. The third-order valence-electron chi connectivity index (χ3n) is 1.08. The quantitative estimate of drug-likeness (QED) is 0.394. The average molecular weight is 117 g/mol. The van der Waals surface area contributed by atoms with Gasteiger partial charge in [0.25, 0.3) is 0 Å². The summed E-state index contributed by atoms with van der Waals surface area (Å²) < 4.78 is 0. The minimum absolute atomic E-state index is 0.529. The van der Waals surface area contributed by atoms with E-state index in [0.29, 0.717) is 6.67 Å². The Morgan fingerprint density at radius 2 is 1.88 bits per heavy atom. The third kappa shape index (κ3) is 2.96. The Morgan fingerprint density at radius 3 is 2.00 bits per heavy atom. The Balaban J connectivity index is 3.07. The molecule has 0 aliphatic heterocycles. The van der Waals surface area contributed by atoms with Gasteiger partial charge in [-0.05, 0) is 0 Å². The van der Waals surface area contributed by atoms with Gasteiger partial charge in [0, 0.05) is 13.1 Å². The molecular weight excluding hydrogens is 102 g/mol. The molecule has 3 N–H and O–H groups in total. The zero-order valence-electron chi connectivity index (χ0n) is 5.65. The predicted molar refractivity (Wildman–Crippen MR) is 35.1 cm³/mol. The summed E-state index contributed by atoms with van der Waals surface area (Å²) in [5.74, 6) is 0. The van der Waals surface area contributed by atoms with Crippen molar-refractivity contribution in [3.63, 3.8) is 0 Å². The van der Waals surface area contributed by atoms with Crippen molar-refractivity contribution in [2.24, 2.45) is 5.73 Å². The molecule has 0 saturated heterocycles. The second-order valence-corrected chi connectivity index (χ2v) is 1.53. The molecule has 0 fully saturated rings. The van der Waals surface area contributed by atoms with Crippen LogP contribution in [-0.2, 0) is 0 Å². The van der Waals surface area contributed by atoms with Crippen LogP contribution in [0.25, 0.3) is 0 Å². The Hall–Kier alpha value is -0.120. The van der Waals surface area contributed by atoms with Gasteiger partial charge in [-0.15, -0.1) is 0 Å². The van der Waals surface area contributed by atoms with E-state index in [1.807, 2.05) is 0 Å². The van der Waals surface area contributed by atoms with Crippen LogP contribution in [0.4, 0.5) is 0 Å². The van der Waals surface area contributed by atoms with Gasteiger partial charge >= 0.3 is 0 Å². The Labute approximate surface area is 50.8 Å². The topological polar surface area (TPSA) is 41.3 Å². The predicted octanol–water partition coefficient (Wildman–Crippen LogP) is -0.251. The monoisotopic (exact) mass is 117 g/mol. The van der Waals surface area contributed by atoms with E-state index in [-0.39, 0.29) is 0 Å². The van der Waals surface area contributed by atoms with Gasteiger partial charge in [-0.2, -0.15) is 0 Å². The van der Waals surface area contributed by atoms with Gasteiger partial charge in [0.2, 0.25) is 0 Å². The van der Waals surface area contributed by atoms with Gasteiger partial charge < -0.3 is 5.73 Å². The fourth-order valence-corrected chi connectivity index (χ4v) is 0.576. The first-order valence-corrected chi connectivity index (χ1v) is 3.03. The summed E-state index contributed by atoms with van der Waals surface area (Å²) in [6.07, 6.45) is 0. The van der Waals surface area contributed by atoms with Crippen molar-refractivity contribution in [2.75, 3.05) is 19.8 Å². The summed E-state index contributed by atoms with van der Waals surface area (Å²) in [7, 11) is 0. The Kier molecular flexibility index (Phi) is 4.95. The summed E-state index contributed by atoms with van der Waals surface area (Å²) >= 11 is 0. The SMILES string of the molecule is CCN(CC)NCN. The lowest BCUT2D eigenvalue weighted by Gasteiger charge is -2.17. The second kappa shape index (κ2) is 5.03. The van der Waals surface area contributed by atoms with Crippen molar-refractivity contribution in [2.45, 2.75) is 13.8 Å². The number of nitrogens with one attached hydrogen (secondary N) is 1. The molecule has 0 atom stereocenters. The van der Waals surface area contributed by atoms with Crippen LogP contribution < -0.4 is 11.2 Å². The molecule has 0 aromatic heterocycles. The van der Waals surface area contributed by atoms with Gasteiger partial charge in [-0.3, -0.25) is 0 Å². The normalized spacial score (nSPS) is 10.5. The van der Waals surface area contributed by atoms with Crippen molar-refractivity contribution in [3.05, 3.63) is 0 Å². The highest BCUT2D eigenvalue weighted by molar-refractivity contribution is 4.39. The molecule has 0 spiro atoms. The van der Waals surface area contributed by atoms with E-state index in [9.17, 15) is 0 Å². The molecule has 0 rings (SSSR count). The summed E-state index contributed by atoms with van der Waals surface area (Å²) in [4.78, 5) is 0. The average Bonchev–Trinajstić information content (AvgIpc) is 1.83. The van der Waals surface area contributed by atoms with Gasteiger partial charge in [-0.25, -0.2) is 10.4 Å². The number of hydrazine groups is 1. The van der Waals surface area contributed by atoms with Crippen LogP contribution in [0, 0.1) is 0 Å². The summed E-state index contributed by atoms with van der Waals surface area (Å²) in [6.45, 7) is 6.72. The molecule has 0 saturated carbocycles. The molecule has 0 amide bonds. The van der Waals surface area contributed by atoms with Crippen molar-refractivity contribution < 1.29 is 0 Å². The molecule has 0 heterocycles. The lowest BCUT2D eigenvalue weighted by molar-refractivity contribution is 0.212. The lowest BCUT2D eigenvalue weighted by Crippen LogP contribution is -2.40. The largest absolute Gasteiger partial charge is 0.317 e. The van der Waals surface area contributed by atoms with Crippen molar-refractivity contribution in [3.8, 4) is 0 Å². The molecule has 3 nitrogen and oxygen atoms in total. The van der Waals surface area contributed by atoms with E-state index >= 15 is 0 Å². The highest BCUT2D eigenvalue weighted by Gasteiger charge is 1.91. The lowest BCUT2D eigenvalue weighted by atomic mass is 10.6. The summed E-state index contributed by atoms with van der Waals surface area (Å²) in [6, 6.07) is 0. The zero-order chi connectivity index (χ0) is 6.41. The first-order valence-electron chi connectivity index (χ1n) is 3.03. The number of nitrogens with zero attached hydrogens (tertiary/aromatic N) is 1. The minimum atomic E-state index is 0.529. The molecule has 0 bridgehead atoms. The van der Waals surface area contributed by atoms with E-state index in [2.05, 4.69) is 24.3 Å². The maximum atomic E-state index is 5.23. The second-order valence-electron chi connectivity index (χ2n) is 1.53. The molecule has 50 valence electrons. The molecule has 0 aliphatic rings. The van der Waals surface area contributed by atoms with Crippen LogP contribution in [0.15, 0.2) is 0 Å². The van der Waals surface area contributed by atoms with Crippen LogP contribution in [0.3, 0.4) is 0 Å². The number of hydrogen-bond acceptors (Lipinski definition) is 3. The fraction of sp³-hybridized carbons (Fsp3) is 1.00. The Morgan fingerprint density at radius 1 is 1.38 bits per heavy atom. The highest BCUT2D eigenvalue weighted by Crippen LogP contribution is 1.75. The Bertz CT molecular complexity index is 42.9. The van der Waals surface area contributed by atoms with Crippen molar-refractivity contribution in [1.29, 1.82) is 0 Å². The van der Waals surface area contributed by atoms with Gasteiger partial charge in [0.05, 0.1) is 6.67 Å². The van der Waals surface area contributed by atoms with E-state index in [0.717, 1.165) is 13.1 Å². The number of hydrogen-bond donors (Lipinski definition) is 2. The van der Waals surface area contributed by atoms with E-state index in [1.54, 1.807) is 0 Å². The molecule has 0 aromatic rings. The molecule has 0 aliphatic carbocycles.